The standard InChI is InChI=1S/C18H19N5O/c24-17(10-13-2-1-6-20-11-13)23-9-5-16-15(12-23)18(22-21-16)14-3-7-19-8-4-14/h1-4,6-8,11,15-16,21H,5,9-10,12H2. The summed E-state index contributed by atoms with van der Waals surface area (Å²) >= 11 is 0. The molecule has 1 amide bonds. The highest BCUT2D eigenvalue weighted by molar-refractivity contribution is 6.03. The minimum Gasteiger partial charge on any atom is -0.342 e. The normalized spacial score (nSPS) is 22.5. The summed E-state index contributed by atoms with van der Waals surface area (Å²) in [6.07, 6.45) is 8.35. The molecular weight excluding hydrogens is 302 g/mol. The molecule has 0 radical (unpaired) electrons. The number of nitrogens with zero attached hydrogens (tertiary/aromatic N) is 4. The summed E-state index contributed by atoms with van der Waals surface area (Å²) in [5.41, 5.74) is 6.30. The Bertz CT molecular complexity index is 747. The van der Waals surface area contributed by atoms with Crippen LogP contribution >= 0.6 is 0 Å². The molecular formula is C18H19N5O. The highest BCUT2D eigenvalue weighted by atomic mass is 16.2. The number of hydrogen-bond donors (Lipinski definition) is 1. The van der Waals surface area contributed by atoms with E-state index in [1.165, 1.54) is 0 Å². The molecule has 2 aromatic rings. The Morgan fingerprint density at radius 2 is 2.08 bits per heavy atom. The summed E-state index contributed by atoms with van der Waals surface area (Å²) < 4.78 is 0. The number of likely N-dealkylation sites (tertiary alicyclic amines) is 1. The van der Waals surface area contributed by atoms with E-state index in [0.717, 1.165) is 29.8 Å². The fourth-order valence-electron chi connectivity index (χ4n) is 3.44. The van der Waals surface area contributed by atoms with Crippen molar-refractivity contribution in [2.45, 2.75) is 18.9 Å². The molecule has 6 nitrogen and oxygen atoms in total. The van der Waals surface area contributed by atoms with Crippen molar-refractivity contribution in [1.29, 1.82) is 0 Å². The maximum atomic E-state index is 12.6. The van der Waals surface area contributed by atoms with Gasteiger partial charge in [-0.25, -0.2) is 0 Å². The van der Waals surface area contributed by atoms with E-state index in [2.05, 4.69) is 20.5 Å². The number of fused-ring (bicyclic) bond motifs is 1. The molecule has 2 aliphatic heterocycles. The third-order valence-electron chi connectivity index (χ3n) is 4.72. The molecule has 2 atom stereocenters. The number of rotatable bonds is 3. The molecule has 4 heterocycles. The largest absolute Gasteiger partial charge is 0.342 e. The monoisotopic (exact) mass is 321 g/mol. The first-order valence-electron chi connectivity index (χ1n) is 8.21. The number of piperidine rings is 1. The Hall–Kier alpha value is -2.76. The van der Waals surface area contributed by atoms with Gasteiger partial charge in [-0.05, 0) is 30.2 Å². The first-order chi connectivity index (χ1) is 11.8. The minimum atomic E-state index is 0.155. The first kappa shape index (κ1) is 14.8. The second-order valence-electron chi connectivity index (χ2n) is 6.24. The summed E-state index contributed by atoms with van der Waals surface area (Å²) in [6.45, 7) is 1.48. The highest BCUT2D eigenvalue weighted by Crippen LogP contribution is 2.26. The van der Waals surface area contributed by atoms with Gasteiger partial charge in [-0.15, -0.1) is 0 Å². The van der Waals surface area contributed by atoms with Crippen molar-refractivity contribution in [3.8, 4) is 0 Å². The lowest BCUT2D eigenvalue weighted by Gasteiger charge is -2.35. The molecule has 0 bridgehead atoms. The van der Waals surface area contributed by atoms with Crippen LogP contribution in [-0.2, 0) is 11.2 Å². The average Bonchev–Trinajstić information content (AvgIpc) is 3.06. The van der Waals surface area contributed by atoms with Crippen LogP contribution in [-0.4, -0.2) is 45.6 Å². The van der Waals surface area contributed by atoms with Crippen LogP contribution in [0.5, 0.6) is 0 Å². The number of hydrogen-bond acceptors (Lipinski definition) is 5. The van der Waals surface area contributed by atoms with Crippen LogP contribution < -0.4 is 5.43 Å². The predicted molar refractivity (Wildman–Crippen MR) is 90.3 cm³/mol. The van der Waals surface area contributed by atoms with Crippen molar-refractivity contribution in [3.05, 3.63) is 60.2 Å². The van der Waals surface area contributed by atoms with Gasteiger partial charge in [0.25, 0.3) is 0 Å². The molecule has 2 aromatic heterocycles. The second-order valence-corrected chi connectivity index (χ2v) is 6.24. The Balaban J connectivity index is 1.47. The Kier molecular flexibility index (Phi) is 3.94. The lowest BCUT2D eigenvalue weighted by molar-refractivity contribution is -0.132. The SMILES string of the molecule is O=C(Cc1cccnc1)N1CCC2NN=C(c3ccncc3)C2C1. The molecule has 2 unspecified atom stereocenters. The molecule has 0 aliphatic carbocycles. The minimum absolute atomic E-state index is 0.155. The maximum absolute atomic E-state index is 12.6. The Morgan fingerprint density at radius 1 is 1.21 bits per heavy atom. The quantitative estimate of drug-likeness (QED) is 0.923. The number of hydrazone groups is 1. The summed E-state index contributed by atoms with van der Waals surface area (Å²) in [7, 11) is 0. The van der Waals surface area contributed by atoms with Gasteiger partial charge in [0.1, 0.15) is 0 Å². The van der Waals surface area contributed by atoms with Crippen molar-refractivity contribution in [2.24, 2.45) is 11.0 Å². The van der Waals surface area contributed by atoms with Crippen LogP contribution in [0.3, 0.4) is 0 Å². The molecule has 1 saturated heterocycles. The van der Waals surface area contributed by atoms with Crippen LogP contribution in [0.4, 0.5) is 0 Å². The van der Waals surface area contributed by atoms with Crippen molar-refractivity contribution in [3.63, 3.8) is 0 Å². The van der Waals surface area contributed by atoms with E-state index in [4.69, 9.17) is 0 Å². The van der Waals surface area contributed by atoms with Crippen molar-refractivity contribution in [1.82, 2.24) is 20.3 Å². The van der Waals surface area contributed by atoms with E-state index >= 15 is 0 Å². The zero-order valence-corrected chi connectivity index (χ0v) is 13.3. The van der Waals surface area contributed by atoms with E-state index in [0.29, 0.717) is 19.0 Å². The Morgan fingerprint density at radius 3 is 2.88 bits per heavy atom. The zero-order valence-electron chi connectivity index (χ0n) is 13.3. The molecule has 24 heavy (non-hydrogen) atoms. The molecule has 6 heteroatoms. The van der Waals surface area contributed by atoms with Gasteiger partial charge in [0.2, 0.25) is 5.91 Å². The van der Waals surface area contributed by atoms with Gasteiger partial charge in [0, 0.05) is 49.4 Å². The molecule has 0 saturated carbocycles. The summed E-state index contributed by atoms with van der Waals surface area (Å²) in [5, 5.41) is 4.52. The molecule has 0 spiro atoms. The third kappa shape index (κ3) is 2.87. The Labute approximate surface area is 140 Å². The number of nitrogens with one attached hydrogen (secondary N) is 1. The van der Waals surface area contributed by atoms with E-state index < -0.39 is 0 Å². The van der Waals surface area contributed by atoms with E-state index in [9.17, 15) is 4.79 Å². The number of carbonyl (C=O) groups is 1. The molecule has 1 fully saturated rings. The molecule has 122 valence electrons. The van der Waals surface area contributed by atoms with Crippen LogP contribution in [0.1, 0.15) is 17.5 Å². The fourth-order valence-corrected chi connectivity index (χ4v) is 3.44. The fraction of sp³-hybridized carbons (Fsp3) is 0.333. The van der Waals surface area contributed by atoms with Gasteiger partial charge < -0.3 is 10.3 Å². The number of pyridine rings is 2. The van der Waals surface area contributed by atoms with Gasteiger partial charge in [0.15, 0.2) is 0 Å². The van der Waals surface area contributed by atoms with Crippen LogP contribution in [0.25, 0.3) is 0 Å². The summed E-state index contributed by atoms with van der Waals surface area (Å²) in [4.78, 5) is 22.7. The van der Waals surface area contributed by atoms with Crippen LogP contribution in [0, 0.1) is 5.92 Å². The van der Waals surface area contributed by atoms with E-state index in [1.54, 1.807) is 24.8 Å². The van der Waals surface area contributed by atoms with Crippen LogP contribution in [0.2, 0.25) is 0 Å². The lowest BCUT2D eigenvalue weighted by atomic mass is 9.86. The van der Waals surface area contributed by atoms with Crippen molar-refractivity contribution in [2.75, 3.05) is 13.1 Å². The summed E-state index contributed by atoms with van der Waals surface area (Å²) in [6, 6.07) is 8.07. The van der Waals surface area contributed by atoms with Crippen molar-refractivity contribution < 1.29 is 4.79 Å². The first-order valence-corrected chi connectivity index (χ1v) is 8.21. The molecule has 1 N–H and O–H groups in total. The summed E-state index contributed by atoms with van der Waals surface area (Å²) in [5.74, 6) is 0.390. The third-order valence-corrected chi connectivity index (χ3v) is 4.72. The van der Waals surface area contributed by atoms with Gasteiger partial charge in [-0.3, -0.25) is 14.8 Å². The topological polar surface area (TPSA) is 70.5 Å². The average molecular weight is 321 g/mol. The highest BCUT2D eigenvalue weighted by Gasteiger charge is 2.38. The van der Waals surface area contributed by atoms with Gasteiger partial charge in [-0.2, -0.15) is 5.10 Å². The van der Waals surface area contributed by atoms with Crippen LogP contribution in [0.15, 0.2) is 54.2 Å². The predicted octanol–water partition coefficient (Wildman–Crippen LogP) is 1.24. The van der Waals surface area contributed by atoms with Gasteiger partial charge >= 0.3 is 0 Å². The lowest BCUT2D eigenvalue weighted by Crippen LogP contribution is -2.49. The number of amides is 1. The molecule has 0 aromatic carbocycles. The van der Waals surface area contributed by atoms with Gasteiger partial charge in [0.05, 0.1) is 18.2 Å². The maximum Gasteiger partial charge on any atom is 0.227 e. The van der Waals surface area contributed by atoms with E-state index in [1.807, 2.05) is 29.2 Å². The number of carbonyl (C=O) groups excluding carboxylic acids is 1. The number of aromatic nitrogens is 2. The molecule has 4 rings (SSSR count). The zero-order chi connectivity index (χ0) is 16.4. The smallest absolute Gasteiger partial charge is 0.227 e. The molecule has 2 aliphatic rings. The van der Waals surface area contributed by atoms with E-state index in [-0.39, 0.29) is 11.8 Å². The van der Waals surface area contributed by atoms with Gasteiger partial charge in [-0.1, -0.05) is 6.07 Å². The van der Waals surface area contributed by atoms with Crippen molar-refractivity contribution >= 4 is 11.6 Å². The second kappa shape index (κ2) is 6.39.